The molecule has 2 rings (SSSR count). The molecule has 0 bridgehead atoms. The van der Waals surface area contributed by atoms with Gasteiger partial charge in [-0.25, -0.2) is 18.4 Å². The smallest absolute Gasteiger partial charge is 0.239 e. The normalized spacial score (nSPS) is 11.3. The van der Waals surface area contributed by atoms with Crippen LogP contribution in [0.5, 0.6) is 0 Å². The van der Waals surface area contributed by atoms with Crippen LogP contribution in [0.15, 0.2) is 36.4 Å². The second-order valence-electron chi connectivity index (χ2n) is 4.00. The van der Waals surface area contributed by atoms with E-state index in [1.807, 2.05) is 6.07 Å². The lowest BCUT2D eigenvalue weighted by molar-refractivity contribution is 0.600. The van der Waals surface area contributed by atoms with E-state index in [4.69, 9.17) is 11.6 Å². The first-order chi connectivity index (χ1) is 8.94. The van der Waals surface area contributed by atoms with E-state index in [1.165, 1.54) is 0 Å². The van der Waals surface area contributed by atoms with Crippen LogP contribution in [-0.2, 0) is 15.8 Å². The van der Waals surface area contributed by atoms with Gasteiger partial charge in [-0.2, -0.15) is 0 Å². The molecule has 19 heavy (non-hydrogen) atoms. The van der Waals surface area contributed by atoms with Crippen molar-refractivity contribution >= 4 is 27.6 Å². The van der Waals surface area contributed by atoms with Gasteiger partial charge in [-0.3, -0.25) is 4.72 Å². The standard InChI is InChI=1S/C12H12ClN3O2S/c1-9-7-11(13)15-12(14-9)16-19(17,18)8-10-5-3-2-4-6-10/h2-7H,8H2,1H3,(H,14,15,16). The molecule has 5 nitrogen and oxygen atoms in total. The third-order valence-electron chi connectivity index (χ3n) is 2.27. The van der Waals surface area contributed by atoms with E-state index in [1.54, 1.807) is 37.3 Å². The zero-order valence-electron chi connectivity index (χ0n) is 10.2. The number of sulfonamides is 1. The molecule has 1 aromatic carbocycles. The summed E-state index contributed by atoms with van der Waals surface area (Å²) in [7, 11) is -3.55. The van der Waals surface area contributed by atoms with E-state index < -0.39 is 10.0 Å². The van der Waals surface area contributed by atoms with Gasteiger partial charge in [-0.1, -0.05) is 41.9 Å². The minimum atomic E-state index is -3.55. The van der Waals surface area contributed by atoms with Gasteiger partial charge in [-0.05, 0) is 18.6 Å². The molecule has 0 fully saturated rings. The molecule has 1 N–H and O–H groups in total. The second kappa shape index (κ2) is 5.54. The lowest BCUT2D eigenvalue weighted by Crippen LogP contribution is -2.17. The van der Waals surface area contributed by atoms with Crippen LogP contribution in [0.4, 0.5) is 5.95 Å². The molecular formula is C12H12ClN3O2S. The first-order valence-corrected chi connectivity index (χ1v) is 7.53. The number of hydrogen-bond acceptors (Lipinski definition) is 4. The Morgan fingerprint density at radius 1 is 1.21 bits per heavy atom. The number of rotatable bonds is 4. The van der Waals surface area contributed by atoms with E-state index in [0.29, 0.717) is 11.3 Å². The highest BCUT2D eigenvalue weighted by Crippen LogP contribution is 2.13. The topological polar surface area (TPSA) is 72.0 Å². The van der Waals surface area contributed by atoms with Crippen molar-refractivity contribution < 1.29 is 8.42 Å². The molecule has 1 heterocycles. The van der Waals surface area contributed by atoms with Crippen molar-refractivity contribution in [2.75, 3.05) is 4.72 Å². The second-order valence-corrected chi connectivity index (χ2v) is 6.11. The summed E-state index contributed by atoms with van der Waals surface area (Å²) in [4.78, 5) is 7.80. The highest BCUT2D eigenvalue weighted by Gasteiger charge is 2.13. The number of benzene rings is 1. The minimum Gasteiger partial charge on any atom is -0.251 e. The molecular weight excluding hydrogens is 286 g/mol. The molecule has 0 spiro atoms. The molecule has 1 aromatic heterocycles. The number of nitrogens with one attached hydrogen (secondary N) is 1. The summed E-state index contributed by atoms with van der Waals surface area (Å²) in [5.74, 6) is -0.149. The van der Waals surface area contributed by atoms with Crippen LogP contribution in [0.25, 0.3) is 0 Å². The molecule has 0 atom stereocenters. The van der Waals surface area contributed by atoms with Crippen molar-refractivity contribution in [3.8, 4) is 0 Å². The predicted molar refractivity (Wildman–Crippen MR) is 74.5 cm³/mol. The Morgan fingerprint density at radius 3 is 2.53 bits per heavy atom. The quantitative estimate of drug-likeness (QED) is 0.880. The highest BCUT2D eigenvalue weighted by molar-refractivity contribution is 7.91. The minimum absolute atomic E-state index is 0.0130. The van der Waals surface area contributed by atoms with Gasteiger partial charge < -0.3 is 0 Å². The Bertz CT molecular complexity index is 654. The third-order valence-corrected chi connectivity index (χ3v) is 3.67. The van der Waals surface area contributed by atoms with Gasteiger partial charge in [0.05, 0.1) is 5.75 Å². The predicted octanol–water partition coefficient (Wildman–Crippen LogP) is 2.38. The van der Waals surface area contributed by atoms with Crippen LogP contribution in [0.2, 0.25) is 5.15 Å². The highest BCUT2D eigenvalue weighted by atomic mass is 35.5. The van der Waals surface area contributed by atoms with Crippen LogP contribution in [-0.4, -0.2) is 18.4 Å². The van der Waals surface area contributed by atoms with Crippen molar-refractivity contribution in [3.63, 3.8) is 0 Å². The van der Waals surface area contributed by atoms with Crippen molar-refractivity contribution in [2.45, 2.75) is 12.7 Å². The molecule has 0 amide bonds. The molecule has 0 radical (unpaired) electrons. The molecule has 0 unspecified atom stereocenters. The largest absolute Gasteiger partial charge is 0.251 e. The van der Waals surface area contributed by atoms with Gasteiger partial charge in [-0.15, -0.1) is 0 Å². The maximum absolute atomic E-state index is 12.0. The molecule has 0 aliphatic carbocycles. The Hall–Kier alpha value is -1.66. The van der Waals surface area contributed by atoms with Crippen LogP contribution in [0.1, 0.15) is 11.3 Å². The van der Waals surface area contributed by atoms with Crippen molar-refractivity contribution in [1.29, 1.82) is 0 Å². The summed E-state index contributed by atoms with van der Waals surface area (Å²) in [6, 6.07) is 10.4. The van der Waals surface area contributed by atoms with Crippen LogP contribution in [0, 0.1) is 6.92 Å². The van der Waals surface area contributed by atoms with Crippen molar-refractivity contribution in [3.05, 3.63) is 52.8 Å². The zero-order chi connectivity index (χ0) is 13.9. The molecule has 100 valence electrons. The van der Waals surface area contributed by atoms with Gasteiger partial charge in [0.2, 0.25) is 16.0 Å². The summed E-state index contributed by atoms with van der Waals surface area (Å²) >= 11 is 5.75. The van der Waals surface area contributed by atoms with Crippen molar-refractivity contribution in [2.24, 2.45) is 0 Å². The molecule has 0 aliphatic rings. The first kappa shape index (κ1) is 13.8. The Balaban J connectivity index is 2.17. The van der Waals surface area contributed by atoms with Crippen LogP contribution >= 0.6 is 11.6 Å². The van der Waals surface area contributed by atoms with Gasteiger partial charge in [0, 0.05) is 5.69 Å². The lowest BCUT2D eigenvalue weighted by atomic mass is 10.2. The number of anilines is 1. The van der Waals surface area contributed by atoms with Gasteiger partial charge in [0.1, 0.15) is 5.15 Å². The van der Waals surface area contributed by atoms with Gasteiger partial charge >= 0.3 is 0 Å². The number of halogens is 1. The Morgan fingerprint density at radius 2 is 1.89 bits per heavy atom. The van der Waals surface area contributed by atoms with Crippen LogP contribution in [0.3, 0.4) is 0 Å². The van der Waals surface area contributed by atoms with E-state index >= 15 is 0 Å². The maximum atomic E-state index is 12.0. The monoisotopic (exact) mass is 297 g/mol. The lowest BCUT2D eigenvalue weighted by Gasteiger charge is -2.07. The van der Waals surface area contributed by atoms with Gasteiger partial charge in [0.25, 0.3) is 0 Å². The molecule has 2 aromatic rings. The zero-order valence-corrected chi connectivity index (χ0v) is 11.7. The van der Waals surface area contributed by atoms with E-state index in [2.05, 4.69) is 14.7 Å². The average Bonchev–Trinajstić information content (AvgIpc) is 2.27. The van der Waals surface area contributed by atoms with E-state index in [9.17, 15) is 8.42 Å². The van der Waals surface area contributed by atoms with E-state index in [0.717, 1.165) is 0 Å². The third kappa shape index (κ3) is 4.18. The molecule has 0 aliphatic heterocycles. The summed E-state index contributed by atoms with van der Waals surface area (Å²) in [6.07, 6.45) is 0. The Kier molecular flexibility index (Phi) is 4.01. The fraction of sp³-hybridized carbons (Fsp3) is 0.167. The molecule has 0 saturated heterocycles. The molecule has 7 heteroatoms. The number of aromatic nitrogens is 2. The Labute approximate surface area is 116 Å². The summed E-state index contributed by atoms with van der Waals surface area (Å²) in [6.45, 7) is 1.71. The first-order valence-electron chi connectivity index (χ1n) is 5.50. The van der Waals surface area contributed by atoms with Crippen molar-refractivity contribution in [1.82, 2.24) is 9.97 Å². The number of aryl methyl sites for hydroxylation is 1. The average molecular weight is 298 g/mol. The van der Waals surface area contributed by atoms with Gasteiger partial charge in [0.15, 0.2) is 0 Å². The fourth-order valence-corrected chi connectivity index (χ4v) is 2.86. The fourth-order valence-electron chi connectivity index (χ4n) is 1.54. The van der Waals surface area contributed by atoms with Crippen LogP contribution < -0.4 is 4.72 Å². The number of nitrogens with zero attached hydrogens (tertiary/aromatic N) is 2. The SMILES string of the molecule is Cc1cc(Cl)nc(NS(=O)(=O)Cc2ccccc2)n1. The summed E-state index contributed by atoms with van der Waals surface area (Å²) in [5, 5.41) is 0.199. The maximum Gasteiger partial charge on any atom is 0.239 e. The van der Waals surface area contributed by atoms with E-state index in [-0.39, 0.29) is 16.9 Å². The number of hydrogen-bond donors (Lipinski definition) is 1. The summed E-state index contributed by atoms with van der Waals surface area (Å²) in [5.41, 5.74) is 1.28. The molecule has 0 saturated carbocycles. The summed E-state index contributed by atoms with van der Waals surface area (Å²) < 4.78 is 26.2.